The Balaban J connectivity index is 0.000000484. The Kier molecular flexibility index (Phi) is 67.9. The van der Waals surface area contributed by atoms with Crippen LogP contribution in [-0.2, 0) is 52.2 Å². The van der Waals surface area contributed by atoms with Gasteiger partial charge in [-0.3, -0.25) is 9.59 Å². The summed E-state index contributed by atoms with van der Waals surface area (Å²) in [5, 5.41) is 109. The number of nitrogens with one attached hydrogen (secondary N) is 4. The minimum atomic E-state index is -4.63. The molecule has 0 radical (unpaired) electrons. The molecule has 31 heteroatoms. The van der Waals surface area contributed by atoms with Crippen LogP contribution >= 0.6 is 11.8 Å². The summed E-state index contributed by atoms with van der Waals surface area (Å²) in [6, 6.07) is 0.389. The van der Waals surface area contributed by atoms with Crippen LogP contribution in [0.5, 0.6) is 0 Å². The highest BCUT2D eigenvalue weighted by molar-refractivity contribution is 8.00. The Morgan fingerprint density at radius 1 is 0.453 bits per heavy atom. The zero-order valence-electron chi connectivity index (χ0n) is 87.3. The molecule has 7 aliphatic rings. The van der Waals surface area contributed by atoms with Crippen molar-refractivity contribution >= 4 is 41.0 Å². The second-order valence-corrected chi connectivity index (χ2v) is 40.5. The van der Waals surface area contributed by atoms with E-state index in [2.05, 4.69) is 108 Å². The number of carbonyl (C=O) groups is 3. The Hall–Kier alpha value is -5.79. The van der Waals surface area contributed by atoms with E-state index >= 15 is 0 Å². The number of aliphatic hydroxyl groups excluding tert-OH is 6. The minimum absolute atomic E-state index is 0.0251. The normalized spacial score (nSPS) is 34.2. The first kappa shape index (κ1) is 127. The SMILES string of the molecule is CO[C@H]1/C=C/CCCCC(=NNC(=O)CCOCCOCCOCCOCCNC(=O)CCCCC2SCC3NC(=O)NC32)CC/C(C)=C\[C@@H](C)[C@@H]1O.CO[C@H]1/C=C/CCCCC(=NO)CC/C(C)=C\[C@@H](C)[C@@H]1O.CO[C@H]1/C=C/CCCCC(C)(O)CC/C(C)=C\[C@@H](C)[C@@H]1O.CO[C@H]1/C=C/CCCCC(O)(C(F)(F)F)CC/C(C)=C\[C@@H](C)[C@@H]1O.CO[C@H]1/C=C/CCCCC(O)CC/C(C)=C\[C@@H](C)[C@@H]1O. The van der Waals surface area contributed by atoms with Crippen LogP contribution in [0.4, 0.5) is 18.0 Å². The fourth-order valence-electron chi connectivity index (χ4n) is 17.6. The molecule has 2 aliphatic heterocycles. The molecule has 0 spiro atoms. The minimum Gasteiger partial charge on any atom is -0.411 e. The van der Waals surface area contributed by atoms with E-state index in [1.165, 1.54) is 29.4 Å². The summed E-state index contributed by atoms with van der Waals surface area (Å²) in [6.45, 7) is 25.5. The maximum Gasteiger partial charge on any atom is 0.417 e. The van der Waals surface area contributed by atoms with Crippen molar-refractivity contribution in [2.24, 2.45) is 39.8 Å². The standard InChI is InChI=1S/C38H65N5O9S.C18H29F3O3.C18H32O3.C17H29NO3.C17H30O3/c1-28-14-15-30(10-6-4-5-7-11-32(48-3)37(46)29(2)26-28)42-43-35(45)16-18-49-20-22-51-24-25-52-23-21-50-19-17-39-34(44)13-9-8-12-33-36-31(27-53-33)40-38(47)41-36;1-13-9-11-17(23,18(19,20)21)10-7-5-4-6-8-15(24-3)16(22)14(2)12-13;1-14-10-12-18(3,20)11-8-6-5-7-9-16(21-4)17(19)15(2)13-14;1-13-10-11-15(18-20)8-6-4-5-7-9-16(21-3)17(19)14(2)12-13;1-13-10-11-15(18)8-6-4-5-7-9-16(20-3)17(19)14(2)12-13/h7,11,26,29,31-33,36-37,46H,4-6,8-10,12-25,27H2,1-3H3,(H,39,44)(H,43,45)(H2,40,41,47);6,8,12,14-16,22-23H,4-5,7,9-11H2,1-3H3;7,9,13,15-17,19-20H,5-6,8,10-12H2,1-4H3;7,9,12,14,16-17,19-20H,4-6,8,10-11H2,1-3H3;7,9,12,14-19H,4-6,8,10-11H2,1-3H3/b11-7+,28-26-,42-30?;8-6+,13-12-;9-7+,14-13-;9-7+,13-12-,18-15?;9-7+,13-12-/t29-,31?,32+,33?,36?,37+;14-,15+,16+,17?;15-,16+,17+,18?;14-,16+,17+;14-,15?,16+,17+/m11111/s1. The van der Waals surface area contributed by atoms with Gasteiger partial charge in [0.2, 0.25) is 11.8 Å². The van der Waals surface area contributed by atoms with Gasteiger partial charge in [-0.2, -0.15) is 30.0 Å². The van der Waals surface area contributed by atoms with Crippen LogP contribution in [0.25, 0.3) is 0 Å². The zero-order chi connectivity index (χ0) is 103. The first-order valence-corrected chi connectivity index (χ1v) is 52.6. The number of rotatable bonds is 26. The van der Waals surface area contributed by atoms with Crippen molar-refractivity contribution < 1.29 is 116 Å². The predicted molar refractivity (Wildman–Crippen MR) is 550 cm³/mol. The molecule has 2 saturated heterocycles. The number of hydrogen-bond donors (Lipinski definition) is 13. The quantitative estimate of drug-likeness (QED) is 0.0126. The number of ether oxygens (including phenoxy) is 9. The Labute approximate surface area is 836 Å². The van der Waals surface area contributed by atoms with Gasteiger partial charge in [-0.25, -0.2) is 10.2 Å². The number of urea groups is 1. The number of nitrogens with zero attached hydrogens (tertiary/aromatic N) is 2. The molecule has 0 bridgehead atoms. The summed E-state index contributed by atoms with van der Waals surface area (Å²) in [6.07, 6.45) is 46.9. The smallest absolute Gasteiger partial charge is 0.411 e. The lowest BCUT2D eigenvalue weighted by molar-refractivity contribution is -0.265. The highest BCUT2D eigenvalue weighted by Crippen LogP contribution is 2.40. The van der Waals surface area contributed by atoms with Crippen molar-refractivity contribution in [3.05, 3.63) is 119 Å². The summed E-state index contributed by atoms with van der Waals surface area (Å²) in [5.74, 6) is 0.602. The third-order valence-electron chi connectivity index (χ3n) is 26.7. The fraction of sp³-hybridized carbons (Fsp3) is 0.769. The van der Waals surface area contributed by atoms with Gasteiger partial charge in [0, 0.05) is 94.8 Å². The number of fused-ring (bicyclic) bond motifs is 1. The van der Waals surface area contributed by atoms with Gasteiger partial charge in [0.15, 0.2) is 5.60 Å². The number of allylic oxidation sites excluding steroid dienone is 10. The molecule has 2 fully saturated rings. The largest absolute Gasteiger partial charge is 0.417 e. The molecule has 139 heavy (non-hydrogen) atoms. The highest BCUT2D eigenvalue weighted by atomic mass is 32.2. The van der Waals surface area contributed by atoms with Crippen LogP contribution in [0.15, 0.2) is 129 Å². The number of hydrogen-bond acceptors (Lipinski definition) is 24. The van der Waals surface area contributed by atoms with Crippen LogP contribution in [0.1, 0.15) is 301 Å². The third kappa shape index (κ3) is 55.9. The van der Waals surface area contributed by atoms with Gasteiger partial charge in [0.05, 0.1) is 119 Å². The molecule has 800 valence electrons. The third-order valence-corrected chi connectivity index (χ3v) is 28.2. The molecule has 0 aromatic rings. The van der Waals surface area contributed by atoms with E-state index < -0.39 is 54.0 Å². The highest BCUT2D eigenvalue weighted by Gasteiger charge is 2.52. The molecule has 13 N–H and O–H groups in total. The van der Waals surface area contributed by atoms with Gasteiger partial charge in [0.1, 0.15) is 30.5 Å². The van der Waals surface area contributed by atoms with Crippen LogP contribution < -0.4 is 21.4 Å². The van der Waals surface area contributed by atoms with E-state index in [1.807, 2.05) is 76.8 Å². The number of halogens is 3. The molecule has 27 nitrogen and oxygen atoms in total. The second kappa shape index (κ2) is 74.1. The maximum atomic E-state index is 13.2. The molecule has 2 heterocycles. The monoisotopic (exact) mass is 1990 g/mol. The lowest BCUT2D eigenvalue weighted by Crippen LogP contribution is -2.45. The van der Waals surface area contributed by atoms with Crippen LogP contribution in [0.3, 0.4) is 0 Å². The number of carbonyl (C=O) groups excluding carboxylic acids is 3. The van der Waals surface area contributed by atoms with Gasteiger partial charge >= 0.3 is 12.2 Å². The number of thioether (sulfide) groups is 1. The molecule has 5 aliphatic carbocycles. The van der Waals surface area contributed by atoms with E-state index in [1.54, 1.807) is 54.4 Å². The lowest BCUT2D eigenvalue weighted by Gasteiger charge is -2.31. The number of oxime groups is 1. The molecule has 7 rings (SSSR count). The van der Waals surface area contributed by atoms with Crippen molar-refractivity contribution in [1.29, 1.82) is 0 Å². The molecule has 6 unspecified atom stereocenters. The molecule has 0 saturated carbocycles. The zero-order valence-corrected chi connectivity index (χ0v) is 88.1. The Morgan fingerprint density at radius 3 is 1.28 bits per heavy atom. The lowest BCUT2D eigenvalue weighted by atomic mass is 9.87. The van der Waals surface area contributed by atoms with Crippen molar-refractivity contribution in [3.8, 4) is 0 Å². The topological polar surface area (TPSA) is 389 Å². The molecular weight excluding hydrogens is 1810 g/mol. The number of unbranched alkanes of at least 4 members (excludes halogenated alkanes) is 1. The van der Waals surface area contributed by atoms with E-state index in [0.29, 0.717) is 83.7 Å². The number of hydrazone groups is 1. The first-order chi connectivity index (χ1) is 66.3. The molecule has 21 atom stereocenters. The fourth-order valence-corrected chi connectivity index (χ4v) is 19.1. The van der Waals surface area contributed by atoms with Crippen molar-refractivity contribution in [3.63, 3.8) is 0 Å². The van der Waals surface area contributed by atoms with Crippen LogP contribution in [0, 0.1) is 29.6 Å². The van der Waals surface area contributed by atoms with Gasteiger partial charge in [-0.15, -0.1) is 0 Å². The number of aliphatic hydroxyl groups is 8. The van der Waals surface area contributed by atoms with E-state index in [9.17, 15) is 68.4 Å². The van der Waals surface area contributed by atoms with Crippen molar-refractivity contribution in [2.45, 2.75) is 403 Å². The summed E-state index contributed by atoms with van der Waals surface area (Å²) in [4.78, 5) is 35.9. The number of amides is 4. The summed E-state index contributed by atoms with van der Waals surface area (Å²) < 4.78 is 88.7. The predicted octanol–water partition coefficient (Wildman–Crippen LogP) is 18.3. The first-order valence-electron chi connectivity index (χ1n) is 51.6. The molecule has 0 aromatic heterocycles. The summed E-state index contributed by atoms with van der Waals surface area (Å²) >= 11 is 1.90. The average Bonchev–Trinajstić information content (AvgIpc) is 1.78. The number of alkyl halides is 3. The van der Waals surface area contributed by atoms with Gasteiger partial charge in [0.25, 0.3) is 0 Å². The molecule has 0 aromatic carbocycles. The Bertz CT molecular complexity index is 3720. The van der Waals surface area contributed by atoms with Gasteiger partial charge in [-0.05, 0) is 234 Å². The van der Waals surface area contributed by atoms with Gasteiger partial charge < -0.3 is 105 Å². The summed E-state index contributed by atoms with van der Waals surface area (Å²) in [7, 11) is 8.06. The van der Waals surface area contributed by atoms with Crippen molar-refractivity contribution in [2.75, 3.05) is 101 Å². The van der Waals surface area contributed by atoms with E-state index in [0.717, 1.165) is 196 Å². The second-order valence-electron chi connectivity index (χ2n) is 39.2. The van der Waals surface area contributed by atoms with E-state index in [-0.39, 0.29) is 122 Å². The Morgan fingerprint density at radius 2 is 0.842 bits per heavy atom. The van der Waals surface area contributed by atoms with Crippen LogP contribution in [-0.4, -0.2) is 278 Å². The average molecular weight is 1990 g/mol. The van der Waals surface area contributed by atoms with Crippen LogP contribution in [0.2, 0.25) is 0 Å². The molecular formula is C108H185F3N6O21S. The maximum absolute atomic E-state index is 13.2. The van der Waals surface area contributed by atoms with E-state index in [4.69, 9.17) is 47.8 Å². The summed E-state index contributed by atoms with van der Waals surface area (Å²) in [5.41, 5.74) is 6.86. The number of methoxy groups -OCH3 is 5. The molecule has 4 amide bonds. The van der Waals surface area contributed by atoms with Gasteiger partial charge in [-0.1, -0.05) is 178 Å². The van der Waals surface area contributed by atoms with Crippen molar-refractivity contribution in [1.82, 2.24) is 21.4 Å².